The molecule has 270 valence electrons. The van der Waals surface area contributed by atoms with Gasteiger partial charge >= 0.3 is 0 Å². The van der Waals surface area contributed by atoms with Gasteiger partial charge in [-0.05, 0) is 101 Å². The van der Waals surface area contributed by atoms with E-state index < -0.39 is 5.54 Å². The van der Waals surface area contributed by atoms with Crippen LogP contribution in [0.2, 0.25) is 0 Å². The zero-order valence-electron chi connectivity index (χ0n) is 30.4. The summed E-state index contributed by atoms with van der Waals surface area (Å²) in [5, 5.41) is 5.58. The lowest BCUT2D eigenvalue weighted by Crippen LogP contribution is -2.57. The van der Waals surface area contributed by atoms with Crippen LogP contribution in [-0.2, 0) is 28.1 Å². The van der Waals surface area contributed by atoms with Gasteiger partial charge in [-0.1, -0.05) is 18.2 Å². The molecule has 4 aromatic rings. The number of piperazine rings is 1. The molecule has 12 nitrogen and oxygen atoms in total. The van der Waals surface area contributed by atoms with Crippen molar-refractivity contribution in [1.82, 2.24) is 34.4 Å². The molecule has 51 heavy (non-hydrogen) atoms. The SMILES string of the molecule is CCOc1cccc(Cn2ncc3c(N4CCN(C(=O)[C@H]5CC[C@@]6(CC5)c5ccc(OCC)cc5CCN6C(=O)CN(C)C)CC4)ncnc32)c1. The van der Waals surface area contributed by atoms with E-state index >= 15 is 0 Å². The average molecular weight is 695 g/mol. The maximum absolute atomic E-state index is 14.0. The number of aromatic nitrogens is 4. The fraction of sp³-hybridized carbons (Fsp3) is 0.513. The number of fused-ring (bicyclic) bond motifs is 3. The molecule has 0 bridgehead atoms. The molecule has 2 aromatic heterocycles. The van der Waals surface area contributed by atoms with E-state index in [4.69, 9.17) is 9.47 Å². The Morgan fingerprint density at radius 3 is 2.39 bits per heavy atom. The van der Waals surface area contributed by atoms with Crippen LogP contribution >= 0.6 is 0 Å². The van der Waals surface area contributed by atoms with Gasteiger partial charge < -0.3 is 29.1 Å². The molecule has 2 amide bonds. The van der Waals surface area contributed by atoms with Gasteiger partial charge in [-0.25, -0.2) is 14.6 Å². The molecule has 1 saturated carbocycles. The van der Waals surface area contributed by atoms with Crippen LogP contribution in [0, 0.1) is 5.92 Å². The lowest BCUT2D eigenvalue weighted by Gasteiger charge is -2.52. The number of carbonyl (C=O) groups is 2. The Morgan fingerprint density at radius 1 is 0.922 bits per heavy atom. The van der Waals surface area contributed by atoms with E-state index in [0.717, 1.165) is 66.0 Å². The first-order chi connectivity index (χ1) is 24.8. The number of amides is 2. The summed E-state index contributed by atoms with van der Waals surface area (Å²) in [7, 11) is 3.88. The molecule has 0 unspecified atom stereocenters. The number of carbonyl (C=O) groups excluding carboxylic acids is 2. The van der Waals surface area contributed by atoms with E-state index in [-0.39, 0.29) is 17.7 Å². The quantitative estimate of drug-likeness (QED) is 0.239. The van der Waals surface area contributed by atoms with Crippen LogP contribution in [0.15, 0.2) is 55.0 Å². The first-order valence-electron chi connectivity index (χ1n) is 18.4. The second-order valence-electron chi connectivity index (χ2n) is 14.2. The largest absolute Gasteiger partial charge is 0.494 e. The molecule has 1 saturated heterocycles. The summed E-state index contributed by atoms with van der Waals surface area (Å²) >= 11 is 0. The van der Waals surface area contributed by atoms with Gasteiger partial charge in [0, 0.05) is 38.6 Å². The molecule has 1 spiro atoms. The van der Waals surface area contributed by atoms with Crippen LogP contribution < -0.4 is 14.4 Å². The van der Waals surface area contributed by atoms with E-state index in [1.165, 1.54) is 11.1 Å². The lowest BCUT2D eigenvalue weighted by atomic mass is 9.68. The van der Waals surface area contributed by atoms with Crippen molar-refractivity contribution in [3.05, 3.63) is 71.7 Å². The van der Waals surface area contributed by atoms with Gasteiger partial charge in [0.15, 0.2) is 5.65 Å². The summed E-state index contributed by atoms with van der Waals surface area (Å²) in [4.78, 5) is 45.2. The van der Waals surface area contributed by atoms with Crippen LogP contribution in [0.25, 0.3) is 11.0 Å². The predicted molar refractivity (Wildman–Crippen MR) is 196 cm³/mol. The summed E-state index contributed by atoms with van der Waals surface area (Å²) in [6.07, 6.45) is 7.35. The highest BCUT2D eigenvalue weighted by atomic mass is 16.5. The minimum Gasteiger partial charge on any atom is -0.494 e. The van der Waals surface area contributed by atoms with Crippen molar-refractivity contribution in [2.75, 3.05) is 71.5 Å². The van der Waals surface area contributed by atoms with Crippen molar-refractivity contribution in [3.63, 3.8) is 0 Å². The number of rotatable bonds is 10. The van der Waals surface area contributed by atoms with Crippen molar-refractivity contribution >= 4 is 28.7 Å². The Labute approximate surface area is 300 Å². The average Bonchev–Trinajstić information content (AvgIpc) is 3.54. The third-order valence-corrected chi connectivity index (χ3v) is 10.8. The fourth-order valence-corrected chi connectivity index (χ4v) is 8.40. The smallest absolute Gasteiger partial charge is 0.237 e. The predicted octanol–water partition coefficient (Wildman–Crippen LogP) is 4.35. The Balaban J connectivity index is 1.01. The molecule has 4 heterocycles. The molecular weight excluding hydrogens is 644 g/mol. The van der Waals surface area contributed by atoms with Crippen molar-refractivity contribution in [2.45, 2.75) is 58.0 Å². The maximum Gasteiger partial charge on any atom is 0.237 e. The summed E-state index contributed by atoms with van der Waals surface area (Å²) < 4.78 is 13.4. The molecule has 0 atom stereocenters. The van der Waals surface area contributed by atoms with E-state index in [2.05, 4.69) is 43.1 Å². The second kappa shape index (κ2) is 14.9. The number of hydrogen-bond acceptors (Lipinski definition) is 9. The minimum absolute atomic E-state index is 0.0498. The Hall–Kier alpha value is -4.71. The van der Waals surface area contributed by atoms with Gasteiger partial charge in [0.1, 0.15) is 23.6 Å². The second-order valence-corrected chi connectivity index (χ2v) is 14.2. The van der Waals surface area contributed by atoms with Gasteiger partial charge in [0.2, 0.25) is 11.8 Å². The molecule has 2 aromatic carbocycles. The highest BCUT2D eigenvalue weighted by Crippen LogP contribution is 2.48. The van der Waals surface area contributed by atoms with Crippen molar-refractivity contribution in [1.29, 1.82) is 0 Å². The number of hydrogen-bond donors (Lipinski definition) is 0. The molecule has 2 fully saturated rings. The topological polar surface area (TPSA) is 109 Å². The van der Waals surface area contributed by atoms with Gasteiger partial charge in [-0.3, -0.25) is 9.59 Å². The molecule has 12 heteroatoms. The third kappa shape index (κ3) is 6.98. The van der Waals surface area contributed by atoms with Crippen molar-refractivity contribution in [3.8, 4) is 11.5 Å². The normalized spacial score (nSPS) is 20.6. The Bertz CT molecular complexity index is 1860. The van der Waals surface area contributed by atoms with Gasteiger partial charge in [-0.15, -0.1) is 0 Å². The lowest BCUT2D eigenvalue weighted by molar-refractivity contribution is -0.144. The maximum atomic E-state index is 14.0. The molecule has 0 radical (unpaired) electrons. The van der Waals surface area contributed by atoms with Crippen LogP contribution in [0.3, 0.4) is 0 Å². The van der Waals surface area contributed by atoms with E-state index in [1.54, 1.807) is 6.33 Å². The van der Waals surface area contributed by atoms with Gasteiger partial charge in [0.25, 0.3) is 0 Å². The molecule has 3 aliphatic rings. The zero-order valence-corrected chi connectivity index (χ0v) is 30.4. The summed E-state index contributed by atoms with van der Waals surface area (Å²) in [5.41, 5.74) is 3.96. The zero-order chi connectivity index (χ0) is 35.5. The first kappa shape index (κ1) is 34.7. The molecule has 2 aliphatic heterocycles. The van der Waals surface area contributed by atoms with E-state index in [1.807, 2.05) is 72.9 Å². The Morgan fingerprint density at radius 2 is 1.67 bits per heavy atom. The Kier molecular flexibility index (Phi) is 10.1. The summed E-state index contributed by atoms with van der Waals surface area (Å²) in [5.74, 6) is 2.91. The molecular formula is C39H50N8O4. The number of ether oxygens (including phenoxy) is 2. The highest BCUT2D eigenvalue weighted by molar-refractivity contribution is 5.87. The minimum atomic E-state index is -0.393. The number of benzene rings is 2. The van der Waals surface area contributed by atoms with E-state index in [0.29, 0.717) is 59.0 Å². The number of anilines is 1. The first-order valence-corrected chi connectivity index (χ1v) is 18.4. The van der Waals surface area contributed by atoms with Crippen LogP contribution in [0.4, 0.5) is 5.82 Å². The standard InChI is InChI=1S/C39H50N8O4/c1-5-50-31-9-7-8-28(22-31)25-47-37-33(24-42-47)36(40-27-41-37)44-18-20-45(21-19-44)38(49)29-12-15-39(16-13-29)34-11-10-32(51-6-2)23-30(34)14-17-46(39)35(48)26-43(3)4/h7-11,22-24,27,29H,5-6,12-21,25-26H2,1-4H3/t29-,39+. The van der Waals surface area contributed by atoms with Crippen molar-refractivity contribution < 1.29 is 19.1 Å². The third-order valence-electron chi connectivity index (χ3n) is 10.8. The summed E-state index contributed by atoms with van der Waals surface area (Å²) in [6.45, 7) is 9.52. The fourth-order valence-electron chi connectivity index (χ4n) is 8.40. The van der Waals surface area contributed by atoms with Crippen LogP contribution in [0.5, 0.6) is 11.5 Å². The molecule has 1 aliphatic carbocycles. The number of likely N-dealkylation sites (N-methyl/N-ethyl adjacent to an activating group) is 1. The summed E-state index contributed by atoms with van der Waals surface area (Å²) in [6, 6.07) is 14.4. The molecule has 7 rings (SSSR count). The molecule has 0 N–H and O–H groups in total. The van der Waals surface area contributed by atoms with Gasteiger partial charge in [0.05, 0.1) is 43.4 Å². The number of nitrogens with zero attached hydrogens (tertiary/aromatic N) is 8. The van der Waals surface area contributed by atoms with Crippen molar-refractivity contribution in [2.24, 2.45) is 5.92 Å². The van der Waals surface area contributed by atoms with Crippen LogP contribution in [-0.4, -0.2) is 113 Å². The highest BCUT2D eigenvalue weighted by Gasteiger charge is 2.48. The monoisotopic (exact) mass is 694 g/mol. The van der Waals surface area contributed by atoms with Gasteiger partial charge in [-0.2, -0.15) is 5.10 Å². The van der Waals surface area contributed by atoms with Crippen LogP contribution in [0.1, 0.15) is 56.2 Å². The van der Waals surface area contributed by atoms with E-state index in [9.17, 15) is 9.59 Å².